The summed E-state index contributed by atoms with van der Waals surface area (Å²) in [4.78, 5) is 0. The average molecular weight is 543 g/mol. The first-order valence-corrected chi connectivity index (χ1v) is 15.6. The number of aromatic hydroxyl groups is 2. The van der Waals surface area contributed by atoms with E-state index in [1.807, 2.05) is 79.3 Å². The minimum atomic E-state index is -1.46. The maximum atomic E-state index is 10.4. The van der Waals surface area contributed by atoms with Crippen molar-refractivity contribution in [3.63, 3.8) is 0 Å². The van der Waals surface area contributed by atoms with Crippen LogP contribution in [0.4, 0.5) is 0 Å². The van der Waals surface area contributed by atoms with Crippen molar-refractivity contribution in [1.29, 1.82) is 0 Å². The molecule has 0 aromatic heterocycles. The predicted octanol–water partition coefficient (Wildman–Crippen LogP) is 6.81. The molecule has 3 atom stereocenters. The maximum absolute atomic E-state index is 10.4. The molecule has 0 saturated carbocycles. The van der Waals surface area contributed by atoms with E-state index in [0.29, 0.717) is 12.4 Å². The van der Waals surface area contributed by atoms with Crippen molar-refractivity contribution in [3.8, 4) is 11.5 Å². The molecule has 1 fully saturated rings. The monoisotopic (exact) mass is 542 g/mol. The molecule has 4 aromatic carbocycles. The topological polar surface area (TPSA) is 71.5 Å². The van der Waals surface area contributed by atoms with Crippen molar-refractivity contribution in [3.05, 3.63) is 131 Å². The van der Waals surface area contributed by atoms with Gasteiger partial charge < -0.3 is 23.8 Å². The van der Waals surface area contributed by atoms with Crippen molar-refractivity contribution in [2.75, 3.05) is 13.2 Å². The van der Waals surface area contributed by atoms with E-state index in [9.17, 15) is 10.2 Å². The molecule has 5 nitrogen and oxygen atoms in total. The summed E-state index contributed by atoms with van der Waals surface area (Å²) in [5.41, 5.74) is 2.71. The van der Waals surface area contributed by atoms with Crippen molar-refractivity contribution in [1.82, 2.24) is 0 Å². The largest absolute Gasteiger partial charge is 0.508 e. The van der Waals surface area contributed by atoms with Gasteiger partial charge in [0.25, 0.3) is 0 Å². The van der Waals surface area contributed by atoms with Gasteiger partial charge in [0, 0.05) is 18.8 Å². The van der Waals surface area contributed by atoms with Crippen LogP contribution in [0.15, 0.2) is 109 Å². The minimum absolute atomic E-state index is 0.260. The first-order valence-electron chi connectivity index (χ1n) is 13.5. The molecule has 1 aliphatic rings. The number of epoxide rings is 1. The average Bonchev–Trinajstić information content (AvgIpc) is 3.62. The van der Waals surface area contributed by atoms with Gasteiger partial charge in [-0.25, -0.2) is 0 Å². The van der Waals surface area contributed by atoms with E-state index >= 15 is 0 Å². The molecule has 1 heterocycles. The third kappa shape index (κ3) is 6.42. The number of benzene rings is 4. The van der Waals surface area contributed by atoms with Gasteiger partial charge >= 0.3 is 9.28 Å². The number of hydrogen-bond donors (Lipinski definition) is 2. The molecule has 39 heavy (non-hydrogen) atoms. The quantitative estimate of drug-likeness (QED) is 0.170. The number of rotatable bonds is 10. The summed E-state index contributed by atoms with van der Waals surface area (Å²) in [6.07, 6.45) is 1.76. The summed E-state index contributed by atoms with van der Waals surface area (Å²) in [7, 11) is -1.46. The third-order valence-electron chi connectivity index (χ3n) is 7.05. The Labute approximate surface area is 233 Å². The van der Waals surface area contributed by atoms with Crippen molar-refractivity contribution >= 4 is 9.28 Å². The van der Waals surface area contributed by atoms with E-state index in [2.05, 4.69) is 38.1 Å². The van der Waals surface area contributed by atoms with Crippen LogP contribution in [0.1, 0.15) is 42.5 Å². The second-order valence-corrected chi connectivity index (χ2v) is 11.6. The summed E-state index contributed by atoms with van der Waals surface area (Å²) >= 11 is 0. The fourth-order valence-electron chi connectivity index (χ4n) is 4.93. The molecule has 4 aromatic rings. The zero-order chi connectivity index (χ0) is 27.7. The van der Waals surface area contributed by atoms with Gasteiger partial charge in [0.15, 0.2) is 5.60 Å². The first-order chi connectivity index (χ1) is 18.9. The van der Waals surface area contributed by atoms with Crippen LogP contribution in [0, 0.1) is 0 Å². The lowest BCUT2D eigenvalue weighted by Crippen LogP contribution is -2.21. The lowest BCUT2D eigenvalue weighted by atomic mass is 9.78. The molecule has 0 aliphatic carbocycles. The highest BCUT2D eigenvalue weighted by molar-refractivity contribution is 6.42. The van der Waals surface area contributed by atoms with Gasteiger partial charge in [-0.2, -0.15) is 0 Å². The van der Waals surface area contributed by atoms with E-state index in [4.69, 9.17) is 13.6 Å². The zero-order valence-corrected chi connectivity index (χ0v) is 24.1. The lowest BCUT2D eigenvalue weighted by Gasteiger charge is -2.20. The number of phenols is 2. The van der Waals surface area contributed by atoms with Crippen molar-refractivity contribution < 1.29 is 23.8 Å². The molecular weight excluding hydrogens is 504 g/mol. The van der Waals surface area contributed by atoms with Gasteiger partial charge in [-0.15, -0.1) is 0 Å². The highest BCUT2D eigenvalue weighted by atomic mass is 28.3. The zero-order valence-electron chi connectivity index (χ0n) is 22.9. The van der Waals surface area contributed by atoms with Gasteiger partial charge in [0.2, 0.25) is 0 Å². The van der Waals surface area contributed by atoms with E-state index in [-0.39, 0.29) is 5.75 Å². The SMILES string of the molecule is CC1(c2ccccc2)OC1(c1ccccc1)c1ccccc1O.CCCO[SiH](C)OCCc1ccccc1O. The standard InChI is InChI=1S/C21H18O2.C12H20O3Si/c1-20(16-10-4-2-5-11-16)21(23-20,17-12-6-3-7-13-17)18-14-8-9-15-19(18)22;1-3-9-14-16(2)15-10-8-11-6-4-5-7-12(11)13/h2-15,22H,1H3;4-7,13,16H,3,8-10H2,1-2H3. The summed E-state index contributed by atoms with van der Waals surface area (Å²) in [5, 5.41) is 20.0. The Bertz CT molecular complexity index is 1320. The van der Waals surface area contributed by atoms with E-state index < -0.39 is 20.5 Å². The maximum Gasteiger partial charge on any atom is 0.318 e. The Morgan fingerprint density at radius 1 is 0.692 bits per heavy atom. The van der Waals surface area contributed by atoms with Crippen LogP contribution in [0.5, 0.6) is 11.5 Å². The Hall–Kier alpha value is -3.42. The smallest absolute Gasteiger partial charge is 0.318 e. The predicted molar refractivity (Wildman–Crippen MR) is 157 cm³/mol. The Balaban J connectivity index is 0.000000195. The van der Waals surface area contributed by atoms with Gasteiger partial charge in [-0.3, -0.25) is 0 Å². The van der Waals surface area contributed by atoms with E-state index in [1.165, 1.54) is 0 Å². The van der Waals surface area contributed by atoms with Crippen LogP contribution >= 0.6 is 0 Å². The van der Waals surface area contributed by atoms with E-state index in [0.717, 1.165) is 41.7 Å². The molecule has 1 aliphatic heterocycles. The van der Waals surface area contributed by atoms with Crippen LogP contribution in [-0.2, 0) is 31.2 Å². The van der Waals surface area contributed by atoms with Crippen LogP contribution < -0.4 is 0 Å². The Kier molecular flexibility index (Phi) is 9.59. The van der Waals surface area contributed by atoms with Gasteiger partial charge in [-0.1, -0.05) is 104 Å². The van der Waals surface area contributed by atoms with Crippen molar-refractivity contribution in [2.24, 2.45) is 0 Å². The molecule has 6 heteroatoms. The molecule has 0 bridgehead atoms. The number of phenolic OH excluding ortho intramolecular Hbond substituents is 2. The molecule has 3 unspecified atom stereocenters. The van der Waals surface area contributed by atoms with E-state index in [1.54, 1.807) is 12.1 Å². The van der Waals surface area contributed by atoms with Gasteiger partial charge in [0.05, 0.1) is 0 Å². The fraction of sp³-hybridized carbons (Fsp3) is 0.273. The Morgan fingerprint density at radius 3 is 1.85 bits per heavy atom. The summed E-state index contributed by atoms with van der Waals surface area (Å²) in [5.74, 6) is 0.603. The summed E-state index contributed by atoms with van der Waals surface area (Å²) in [6.45, 7) is 7.60. The van der Waals surface area contributed by atoms with Gasteiger partial charge in [0.1, 0.15) is 17.1 Å². The third-order valence-corrected chi connectivity index (χ3v) is 8.46. The molecule has 1 saturated heterocycles. The highest BCUT2D eigenvalue weighted by Crippen LogP contribution is 2.66. The number of ether oxygens (including phenoxy) is 1. The fourth-order valence-corrected chi connectivity index (χ4v) is 6.05. The minimum Gasteiger partial charge on any atom is -0.508 e. The summed E-state index contributed by atoms with van der Waals surface area (Å²) < 4.78 is 17.5. The normalized spacial score (nSPS) is 20.5. The number of hydrogen-bond acceptors (Lipinski definition) is 5. The van der Waals surface area contributed by atoms with Crippen LogP contribution in [0.2, 0.25) is 6.55 Å². The second-order valence-electron chi connectivity index (χ2n) is 9.75. The molecule has 204 valence electrons. The summed E-state index contributed by atoms with van der Waals surface area (Å²) in [6, 6.07) is 35.1. The van der Waals surface area contributed by atoms with Crippen molar-refractivity contribution in [2.45, 2.75) is 44.4 Å². The molecule has 5 rings (SSSR count). The molecule has 2 N–H and O–H groups in total. The Morgan fingerprint density at radius 2 is 1.23 bits per heavy atom. The highest BCUT2D eigenvalue weighted by Gasteiger charge is 2.70. The van der Waals surface area contributed by atoms with Crippen LogP contribution in [0.25, 0.3) is 0 Å². The van der Waals surface area contributed by atoms with Crippen LogP contribution in [-0.4, -0.2) is 32.7 Å². The van der Waals surface area contributed by atoms with Crippen LogP contribution in [0.3, 0.4) is 0 Å². The lowest BCUT2D eigenvalue weighted by molar-refractivity contribution is 0.203. The number of para-hydroxylation sites is 2. The molecular formula is C33H38O5Si. The molecule has 0 radical (unpaired) electrons. The van der Waals surface area contributed by atoms with Gasteiger partial charge in [-0.05, 0) is 55.1 Å². The first kappa shape index (κ1) is 28.6. The molecule has 0 amide bonds. The molecule has 0 spiro atoms. The second kappa shape index (κ2) is 13.1.